The minimum atomic E-state index is -1.28. The molecule has 1 atom stereocenters. The van der Waals surface area contributed by atoms with Gasteiger partial charge in [0, 0.05) is 12.4 Å². The van der Waals surface area contributed by atoms with Gasteiger partial charge in [-0.15, -0.1) is 11.3 Å². The molecule has 23 heavy (non-hydrogen) atoms. The quantitative estimate of drug-likeness (QED) is 0.740. The Bertz CT molecular complexity index is 784. The second-order valence-corrected chi connectivity index (χ2v) is 6.07. The van der Waals surface area contributed by atoms with Crippen molar-refractivity contribution in [3.8, 4) is 10.8 Å². The summed E-state index contributed by atoms with van der Waals surface area (Å²) < 4.78 is 5.17. The lowest BCUT2D eigenvalue weighted by atomic mass is 10.0. The molecule has 0 fully saturated rings. The topological polar surface area (TPSA) is 101 Å². The van der Waals surface area contributed by atoms with Crippen molar-refractivity contribution >= 4 is 17.2 Å². The molecule has 0 spiro atoms. The van der Waals surface area contributed by atoms with E-state index in [0.29, 0.717) is 21.5 Å². The molecule has 3 aromatic heterocycles. The molecule has 118 valence electrons. The summed E-state index contributed by atoms with van der Waals surface area (Å²) in [5.41, 5.74) is -1.28. The fourth-order valence-electron chi connectivity index (χ4n) is 1.90. The summed E-state index contributed by atoms with van der Waals surface area (Å²) in [4.78, 5) is 24.9. The van der Waals surface area contributed by atoms with Crippen molar-refractivity contribution in [3.63, 3.8) is 0 Å². The molecule has 0 aliphatic rings. The molecule has 1 amide bonds. The van der Waals surface area contributed by atoms with E-state index in [1.807, 2.05) is 0 Å². The van der Waals surface area contributed by atoms with Crippen molar-refractivity contribution in [1.82, 2.24) is 20.3 Å². The standard InChI is InChI=1S/C15H14N4O3S/c1-15(21,11-4-2-7-22-11)9-19-13(20)10-8-18-14(23-10)12-16-5-3-6-17-12/h2-8,21H,9H2,1H3,(H,19,20). The molecule has 2 N–H and O–H groups in total. The number of aliphatic hydroxyl groups is 1. The van der Waals surface area contributed by atoms with Gasteiger partial charge >= 0.3 is 0 Å². The fraction of sp³-hybridized carbons (Fsp3) is 0.200. The van der Waals surface area contributed by atoms with Crippen molar-refractivity contribution in [2.45, 2.75) is 12.5 Å². The summed E-state index contributed by atoms with van der Waals surface area (Å²) >= 11 is 1.19. The van der Waals surface area contributed by atoms with Gasteiger partial charge in [0.25, 0.3) is 5.91 Å². The second-order valence-electron chi connectivity index (χ2n) is 5.04. The highest BCUT2D eigenvalue weighted by atomic mass is 32.1. The van der Waals surface area contributed by atoms with Gasteiger partial charge in [-0.05, 0) is 25.1 Å². The Morgan fingerprint density at radius 2 is 2.13 bits per heavy atom. The first-order chi connectivity index (χ1) is 11.1. The van der Waals surface area contributed by atoms with Crippen LogP contribution in [0.1, 0.15) is 22.4 Å². The Morgan fingerprint density at radius 3 is 2.83 bits per heavy atom. The van der Waals surface area contributed by atoms with Crippen LogP contribution in [0.2, 0.25) is 0 Å². The maximum atomic E-state index is 12.2. The van der Waals surface area contributed by atoms with Crippen molar-refractivity contribution in [3.05, 3.63) is 53.7 Å². The summed E-state index contributed by atoms with van der Waals surface area (Å²) in [6.45, 7) is 1.59. The van der Waals surface area contributed by atoms with E-state index in [9.17, 15) is 9.90 Å². The molecule has 8 heteroatoms. The summed E-state index contributed by atoms with van der Waals surface area (Å²) in [6.07, 6.45) is 6.17. The molecule has 0 bridgehead atoms. The minimum absolute atomic E-state index is 0.0222. The van der Waals surface area contributed by atoms with E-state index in [0.717, 1.165) is 0 Å². The highest BCUT2D eigenvalue weighted by Crippen LogP contribution is 2.23. The number of hydrogen-bond donors (Lipinski definition) is 2. The molecular weight excluding hydrogens is 316 g/mol. The van der Waals surface area contributed by atoms with Gasteiger partial charge in [-0.25, -0.2) is 15.0 Å². The van der Waals surface area contributed by atoms with Crippen LogP contribution in [0.25, 0.3) is 10.8 Å². The number of aromatic nitrogens is 3. The first-order valence-electron chi connectivity index (χ1n) is 6.84. The van der Waals surface area contributed by atoms with Crippen LogP contribution in [0.5, 0.6) is 0 Å². The minimum Gasteiger partial charge on any atom is -0.466 e. The van der Waals surface area contributed by atoms with Gasteiger partial charge in [0.15, 0.2) is 10.8 Å². The van der Waals surface area contributed by atoms with Crippen LogP contribution in [0.4, 0.5) is 0 Å². The van der Waals surface area contributed by atoms with Gasteiger partial charge in [0.05, 0.1) is 19.0 Å². The van der Waals surface area contributed by atoms with E-state index >= 15 is 0 Å². The highest BCUT2D eigenvalue weighted by molar-refractivity contribution is 7.16. The largest absolute Gasteiger partial charge is 0.466 e. The maximum Gasteiger partial charge on any atom is 0.263 e. The van der Waals surface area contributed by atoms with Crippen LogP contribution in [-0.4, -0.2) is 32.5 Å². The van der Waals surface area contributed by atoms with Gasteiger partial charge in [0.1, 0.15) is 16.2 Å². The molecule has 3 heterocycles. The lowest BCUT2D eigenvalue weighted by molar-refractivity contribution is 0.0331. The normalized spacial score (nSPS) is 13.5. The second kappa shape index (κ2) is 6.27. The summed E-state index contributed by atoms with van der Waals surface area (Å²) in [5, 5.41) is 13.5. The molecule has 0 aliphatic carbocycles. The van der Waals surface area contributed by atoms with Gasteiger partial charge in [-0.2, -0.15) is 0 Å². The number of rotatable bonds is 5. The third-order valence-corrected chi connectivity index (χ3v) is 4.12. The van der Waals surface area contributed by atoms with Crippen LogP contribution in [0.3, 0.4) is 0 Å². The zero-order valence-corrected chi connectivity index (χ0v) is 13.1. The Morgan fingerprint density at radius 1 is 1.35 bits per heavy atom. The van der Waals surface area contributed by atoms with Gasteiger partial charge in [-0.3, -0.25) is 4.79 Å². The number of nitrogens with zero attached hydrogens (tertiary/aromatic N) is 3. The molecule has 0 aliphatic heterocycles. The molecule has 7 nitrogen and oxygen atoms in total. The van der Waals surface area contributed by atoms with Crippen LogP contribution < -0.4 is 5.32 Å². The lowest BCUT2D eigenvalue weighted by Gasteiger charge is -2.20. The van der Waals surface area contributed by atoms with Crippen molar-refractivity contribution < 1.29 is 14.3 Å². The van der Waals surface area contributed by atoms with Gasteiger partial charge in [-0.1, -0.05) is 0 Å². The third-order valence-electron chi connectivity index (χ3n) is 3.13. The van der Waals surface area contributed by atoms with E-state index in [-0.39, 0.29) is 12.5 Å². The van der Waals surface area contributed by atoms with Crippen LogP contribution >= 0.6 is 11.3 Å². The van der Waals surface area contributed by atoms with Crippen LogP contribution in [-0.2, 0) is 5.60 Å². The summed E-state index contributed by atoms with van der Waals surface area (Å²) in [7, 11) is 0. The molecule has 3 aromatic rings. The lowest BCUT2D eigenvalue weighted by Crippen LogP contribution is -2.38. The predicted octanol–water partition coefficient (Wildman–Crippen LogP) is 1.83. The van der Waals surface area contributed by atoms with Crippen molar-refractivity contribution in [1.29, 1.82) is 0 Å². The van der Waals surface area contributed by atoms with E-state index in [1.54, 1.807) is 37.5 Å². The van der Waals surface area contributed by atoms with Gasteiger partial charge in [0.2, 0.25) is 0 Å². The third kappa shape index (κ3) is 3.43. The molecule has 0 saturated heterocycles. The van der Waals surface area contributed by atoms with E-state index in [1.165, 1.54) is 23.8 Å². The predicted molar refractivity (Wildman–Crippen MR) is 83.8 cm³/mol. The summed E-state index contributed by atoms with van der Waals surface area (Å²) in [6, 6.07) is 5.05. The average molecular weight is 330 g/mol. The SMILES string of the molecule is CC(O)(CNC(=O)c1cnc(-c2ncccn2)s1)c1ccco1. The van der Waals surface area contributed by atoms with Gasteiger partial charge < -0.3 is 14.8 Å². The van der Waals surface area contributed by atoms with Crippen molar-refractivity contribution in [2.75, 3.05) is 6.54 Å². The Kier molecular flexibility index (Phi) is 4.18. The number of furan rings is 1. The number of nitrogens with one attached hydrogen (secondary N) is 1. The number of thiazole rings is 1. The number of carbonyl (C=O) groups excluding carboxylic acids is 1. The molecule has 0 saturated carbocycles. The molecular formula is C15H14N4O3S. The van der Waals surface area contributed by atoms with Crippen molar-refractivity contribution in [2.24, 2.45) is 0 Å². The Balaban J connectivity index is 1.66. The van der Waals surface area contributed by atoms with Crippen LogP contribution in [0, 0.1) is 0 Å². The average Bonchev–Trinajstić information content (AvgIpc) is 3.25. The van der Waals surface area contributed by atoms with Crippen LogP contribution in [0.15, 0.2) is 47.5 Å². The molecule has 3 rings (SSSR count). The van der Waals surface area contributed by atoms with E-state index < -0.39 is 5.60 Å². The molecule has 0 aromatic carbocycles. The zero-order valence-electron chi connectivity index (χ0n) is 12.3. The monoisotopic (exact) mass is 330 g/mol. The number of carbonyl (C=O) groups is 1. The first-order valence-corrected chi connectivity index (χ1v) is 7.66. The first kappa shape index (κ1) is 15.3. The maximum absolute atomic E-state index is 12.2. The number of hydrogen-bond acceptors (Lipinski definition) is 7. The Hall–Kier alpha value is -2.58. The number of amides is 1. The molecule has 0 radical (unpaired) electrons. The van der Waals surface area contributed by atoms with E-state index in [2.05, 4.69) is 20.3 Å². The highest BCUT2D eigenvalue weighted by Gasteiger charge is 2.27. The van der Waals surface area contributed by atoms with E-state index in [4.69, 9.17) is 4.42 Å². The summed E-state index contributed by atoms with van der Waals surface area (Å²) in [5.74, 6) is 0.538. The zero-order chi connectivity index (χ0) is 16.3. The smallest absolute Gasteiger partial charge is 0.263 e. The molecule has 1 unspecified atom stereocenters. The fourth-order valence-corrected chi connectivity index (χ4v) is 2.68. The Labute approximate surface area is 136 Å².